The van der Waals surface area contributed by atoms with E-state index in [1.165, 1.54) is 13.0 Å². The Kier molecular flexibility index (Phi) is 17.8. The van der Waals surface area contributed by atoms with Crippen LogP contribution in [0.25, 0.3) is 0 Å². The van der Waals surface area contributed by atoms with Crippen molar-refractivity contribution in [1.29, 1.82) is 0 Å². The first kappa shape index (κ1) is 48.2. The Morgan fingerprint density at radius 2 is 1.54 bits per heavy atom. The van der Waals surface area contributed by atoms with Crippen molar-refractivity contribution in [3.63, 3.8) is 0 Å². The van der Waals surface area contributed by atoms with Gasteiger partial charge in [-0.3, -0.25) is 0 Å². The fraction of sp³-hybridized carbons (Fsp3) is 0.882. The fourth-order valence-electron chi connectivity index (χ4n) is 6.36. The molecule has 3 rings (SSSR count). The van der Waals surface area contributed by atoms with Gasteiger partial charge in [0.05, 0.1) is 50.8 Å². The smallest absolute Gasteiger partial charge is 0.408 e. The van der Waals surface area contributed by atoms with Gasteiger partial charge in [-0.05, 0) is 27.2 Å². The van der Waals surface area contributed by atoms with E-state index in [0.717, 1.165) is 0 Å². The van der Waals surface area contributed by atoms with Gasteiger partial charge in [0, 0.05) is 12.3 Å². The number of hydrogen-bond donors (Lipinski definition) is 13. The molecule has 22 heteroatoms. The molecule has 6 unspecified atom stereocenters. The number of aliphatic carboxylic acids is 1. The summed E-state index contributed by atoms with van der Waals surface area (Å²) in [6.45, 7) is 4.72. The number of amides is 1. The SMILES string of the molecule is CC/C=C/[C@@H](O)[C@H](COC1OC(CO)[C@@H](OC2OC(CO)[C@H](O)[C@H](OC3(C(=O)O)C[C@@H](O)[C@@H](C)C([C@H](O)[C@H](O)CO)O3)[C@@H]2O)[C@H](O)[C@@H]1O)NC(=O)OC(C)(C)C. The molecular formula is C34H59NO21. The molecule has 0 aromatic rings. The van der Waals surface area contributed by atoms with Crippen LogP contribution in [0, 0.1) is 5.92 Å². The lowest BCUT2D eigenvalue weighted by atomic mass is 9.84. The van der Waals surface area contributed by atoms with Gasteiger partial charge in [-0.1, -0.05) is 26.0 Å². The number of rotatable bonds is 17. The minimum absolute atomic E-state index is 0.510. The first-order valence-corrected chi connectivity index (χ1v) is 18.2. The molecule has 0 aliphatic carbocycles. The molecule has 0 aromatic heterocycles. The summed E-state index contributed by atoms with van der Waals surface area (Å²) in [5.74, 6) is -5.84. The Balaban J connectivity index is 1.82. The highest BCUT2D eigenvalue weighted by molar-refractivity contribution is 5.76. The number of ether oxygens (including phenoxy) is 7. The van der Waals surface area contributed by atoms with Crippen LogP contribution in [0.15, 0.2) is 12.2 Å². The van der Waals surface area contributed by atoms with Crippen molar-refractivity contribution in [2.75, 3.05) is 26.4 Å². The van der Waals surface area contributed by atoms with Gasteiger partial charge in [0.25, 0.3) is 5.79 Å². The molecule has 3 aliphatic rings. The number of carbonyl (C=O) groups is 2. The van der Waals surface area contributed by atoms with Crippen LogP contribution in [0.5, 0.6) is 0 Å². The molecule has 3 heterocycles. The van der Waals surface area contributed by atoms with Gasteiger partial charge in [0.15, 0.2) is 12.6 Å². The maximum Gasteiger partial charge on any atom is 0.408 e. The zero-order valence-corrected chi connectivity index (χ0v) is 31.8. The Labute approximate surface area is 322 Å². The quantitative estimate of drug-likeness (QED) is 0.0612. The largest absolute Gasteiger partial charge is 0.477 e. The van der Waals surface area contributed by atoms with Crippen LogP contribution in [0.2, 0.25) is 0 Å². The van der Waals surface area contributed by atoms with Gasteiger partial charge in [0.1, 0.15) is 66.6 Å². The van der Waals surface area contributed by atoms with Crippen LogP contribution < -0.4 is 5.32 Å². The molecule has 3 aliphatic heterocycles. The molecule has 1 amide bonds. The second-order valence-corrected chi connectivity index (χ2v) is 15.0. The normalized spacial score (nSPS) is 39.1. The number of carboxylic acids is 1. The Bertz CT molecular complexity index is 1270. The molecular weight excluding hydrogens is 758 g/mol. The first-order chi connectivity index (χ1) is 26.1. The Morgan fingerprint density at radius 1 is 0.911 bits per heavy atom. The zero-order valence-electron chi connectivity index (χ0n) is 31.8. The van der Waals surface area contributed by atoms with Crippen LogP contribution in [0.3, 0.4) is 0 Å². The molecule has 0 radical (unpaired) electrons. The highest BCUT2D eigenvalue weighted by Gasteiger charge is 2.59. The van der Waals surface area contributed by atoms with Gasteiger partial charge in [-0.2, -0.15) is 0 Å². The van der Waals surface area contributed by atoms with Crippen molar-refractivity contribution in [2.45, 2.75) is 157 Å². The summed E-state index contributed by atoms with van der Waals surface area (Å²) in [6, 6.07) is -1.16. The number of allylic oxidation sites excluding steroid dienone is 1. The van der Waals surface area contributed by atoms with Crippen molar-refractivity contribution < 1.29 is 104 Å². The maximum absolute atomic E-state index is 12.7. The Morgan fingerprint density at radius 3 is 2.09 bits per heavy atom. The zero-order chi connectivity index (χ0) is 42.3. The van der Waals surface area contributed by atoms with E-state index in [4.69, 9.17) is 33.2 Å². The minimum Gasteiger partial charge on any atom is -0.477 e. The summed E-state index contributed by atoms with van der Waals surface area (Å²) in [4.78, 5) is 25.1. The van der Waals surface area contributed by atoms with Crippen LogP contribution in [-0.2, 0) is 38.0 Å². The lowest BCUT2D eigenvalue weighted by Crippen LogP contribution is -2.68. The second-order valence-electron chi connectivity index (χ2n) is 15.0. The average molecular weight is 818 g/mol. The highest BCUT2D eigenvalue weighted by atomic mass is 16.8. The van der Waals surface area contributed by atoms with Crippen molar-refractivity contribution in [3.8, 4) is 0 Å². The van der Waals surface area contributed by atoms with E-state index in [0.29, 0.717) is 6.42 Å². The molecule has 0 spiro atoms. The number of carboxylic acid groups (broad SMARTS) is 1. The van der Waals surface area contributed by atoms with Crippen LogP contribution in [0.1, 0.15) is 47.5 Å². The summed E-state index contributed by atoms with van der Waals surface area (Å²) in [5.41, 5.74) is -0.882. The number of alkyl carbamates (subject to hydrolysis) is 1. The predicted octanol–water partition coefficient (Wildman–Crippen LogP) is -4.85. The van der Waals surface area contributed by atoms with Gasteiger partial charge in [0.2, 0.25) is 0 Å². The topological polar surface area (TPSA) is 354 Å². The third-order valence-corrected chi connectivity index (χ3v) is 9.56. The molecule has 3 fully saturated rings. The lowest BCUT2D eigenvalue weighted by Gasteiger charge is -2.50. The number of nitrogens with one attached hydrogen (secondary N) is 1. The molecule has 0 aromatic carbocycles. The van der Waals surface area contributed by atoms with Crippen LogP contribution in [0.4, 0.5) is 4.79 Å². The van der Waals surface area contributed by atoms with Gasteiger partial charge in [-0.15, -0.1) is 0 Å². The summed E-state index contributed by atoms with van der Waals surface area (Å²) in [5, 5.41) is 129. The van der Waals surface area contributed by atoms with Crippen LogP contribution >= 0.6 is 0 Å². The van der Waals surface area contributed by atoms with E-state index < -0.39 is 160 Å². The molecule has 0 bridgehead atoms. The standard InChI is InChI=1S/C34H59NO21/c1-6-7-8-16(39)15(35-32(49)56-33(3,4)5)13-50-29-24(45)23(44)27(20(12-38)52-29)53-30-25(46)28(22(43)19(11-37)51-30)55-34(31(47)48)9-17(40)14(2)26(54-34)21(42)18(41)10-36/h7-8,14-30,36-46H,6,9-13H2,1-5H3,(H,35,49)(H,47,48)/b8-7+/t14-,15+,16-,17-,18-,19?,20?,21-,22+,23-,24+,25+,26?,27-,28+,29?,30?,34?/m1/s1. The van der Waals surface area contributed by atoms with E-state index in [2.05, 4.69) is 5.32 Å². The van der Waals surface area contributed by atoms with Gasteiger partial charge >= 0.3 is 12.1 Å². The van der Waals surface area contributed by atoms with Crippen molar-refractivity contribution in [3.05, 3.63) is 12.2 Å². The minimum atomic E-state index is -2.92. The number of aliphatic hydroxyl groups is 11. The predicted molar refractivity (Wildman–Crippen MR) is 184 cm³/mol. The third kappa shape index (κ3) is 11.7. The third-order valence-electron chi connectivity index (χ3n) is 9.56. The summed E-state index contributed by atoms with van der Waals surface area (Å²) >= 11 is 0. The van der Waals surface area contributed by atoms with E-state index in [1.54, 1.807) is 26.8 Å². The average Bonchev–Trinajstić information content (AvgIpc) is 3.13. The molecule has 56 heavy (non-hydrogen) atoms. The molecule has 3 saturated heterocycles. The second kappa shape index (κ2) is 20.7. The van der Waals surface area contributed by atoms with E-state index >= 15 is 0 Å². The summed E-state index contributed by atoms with van der Waals surface area (Å²) < 4.78 is 39.0. The number of hydrogen-bond acceptors (Lipinski definition) is 20. The van der Waals surface area contributed by atoms with Crippen molar-refractivity contribution in [1.82, 2.24) is 5.32 Å². The van der Waals surface area contributed by atoms with Crippen LogP contribution in [-0.4, -0.2) is 209 Å². The number of aliphatic hydroxyl groups excluding tert-OH is 11. The molecule has 0 saturated carbocycles. The molecule has 18 atom stereocenters. The van der Waals surface area contributed by atoms with Gasteiger partial charge < -0.3 is 99.8 Å². The highest BCUT2D eigenvalue weighted by Crippen LogP contribution is 2.40. The fourth-order valence-corrected chi connectivity index (χ4v) is 6.36. The van der Waals surface area contributed by atoms with Gasteiger partial charge in [-0.25, -0.2) is 9.59 Å². The maximum atomic E-state index is 12.7. The van der Waals surface area contributed by atoms with Crippen molar-refractivity contribution >= 4 is 12.1 Å². The van der Waals surface area contributed by atoms with E-state index in [1.807, 2.05) is 6.92 Å². The molecule has 13 N–H and O–H groups in total. The lowest BCUT2D eigenvalue weighted by molar-refractivity contribution is -0.388. The van der Waals surface area contributed by atoms with E-state index in [-0.39, 0.29) is 0 Å². The van der Waals surface area contributed by atoms with Crippen molar-refractivity contribution in [2.24, 2.45) is 5.92 Å². The molecule has 326 valence electrons. The Hall–Kier alpha value is -2.20. The monoisotopic (exact) mass is 817 g/mol. The summed E-state index contributed by atoms with van der Waals surface area (Å²) in [6.07, 6.45) is -25.3. The number of carbonyl (C=O) groups excluding carboxylic acids is 1. The first-order valence-electron chi connectivity index (χ1n) is 18.2. The van der Waals surface area contributed by atoms with E-state index in [9.17, 15) is 70.9 Å². The molecule has 22 nitrogen and oxygen atoms in total. The summed E-state index contributed by atoms with van der Waals surface area (Å²) in [7, 11) is 0.